The number of aromatic nitrogens is 2. The van der Waals surface area contributed by atoms with Gasteiger partial charge in [0, 0.05) is 44.5 Å². The van der Waals surface area contributed by atoms with Crippen LogP contribution in [0, 0.1) is 11.8 Å². The maximum atomic E-state index is 12.1. The van der Waals surface area contributed by atoms with E-state index in [4.69, 9.17) is 0 Å². The summed E-state index contributed by atoms with van der Waals surface area (Å²) in [6.07, 6.45) is 8.85. The van der Waals surface area contributed by atoms with Crippen LogP contribution in [0.15, 0.2) is 48.9 Å². The predicted molar refractivity (Wildman–Crippen MR) is 127 cm³/mol. The van der Waals surface area contributed by atoms with Gasteiger partial charge in [-0.3, -0.25) is 19.7 Å². The van der Waals surface area contributed by atoms with Crippen molar-refractivity contribution >= 4 is 30.7 Å². The van der Waals surface area contributed by atoms with Crippen LogP contribution in [0.1, 0.15) is 36.9 Å². The first-order chi connectivity index (χ1) is 14.3. The smallest absolute Gasteiger partial charge is 0.220 e. The van der Waals surface area contributed by atoms with Crippen LogP contribution in [0.3, 0.4) is 0 Å². The first kappa shape index (κ1) is 25.5. The van der Waals surface area contributed by atoms with Gasteiger partial charge >= 0.3 is 0 Å². The van der Waals surface area contributed by atoms with Crippen LogP contribution in [0.2, 0.25) is 0 Å². The molecular weight excluding hydrogens is 433 g/mol. The van der Waals surface area contributed by atoms with E-state index < -0.39 is 0 Å². The number of hydrogen-bond acceptors (Lipinski definition) is 5. The summed E-state index contributed by atoms with van der Waals surface area (Å²) in [5, 5.41) is 6.70. The van der Waals surface area contributed by atoms with E-state index in [-0.39, 0.29) is 30.7 Å². The Bertz CT molecular complexity index is 780. The third-order valence-electron chi connectivity index (χ3n) is 6.13. The number of likely N-dealkylation sites (tertiary alicyclic amines) is 1. The highest BCUT2D eigenvalue weighted by Crippen LogP contribution is 2.31. The van der Waals surface area contributed by atoms with Crippen molar-refractivity contribution in [3.05, 3.63) is 60.2 Å². The number of amides is 1. The molecule has 0 saturated carbocycles. The van der Waals surface area contributed by atoms with Gasteiger partial charge < -0.3 is 10.6 Å². The van der Waals surface area contributed by atoms with Gasteiger partial charge in [0.2, 0.25) is 5.91 Å². The van der Waals surface area contributed by atoms with E-state index in [0.29, 0.717) is 24.9 Å². The Morgan fingerprint density at radius 2 is 2.00 bits per heavy atom. The Morgan fingerprint density at radius 1 is 1.16 bits per heavy atom. The van der Waals surface area contributed by atoms with Crippen LogP contribution in [-0.4, -0.2) is 46.5 Å². The molecule has 1 aromatic heterocycles. The van der Waals surface area contributed by atoms with E-state index in [1.165, 1.54) is 18.5 Å². The quantitative estimate of drug-likeness (QED) is 0.626. The van der Waals surface area contributed by atoms with Crippen molar-refractivity contribution in [3.8, 4) is 0 Å². The lowest BCUT2D eigenvalue weighted by atomic mass is 9.79. The van der Waals surface area contributed by atoms with Crippen LogP contribution >= 0.6 is 24.8 Å². The average Bonchev–Trinajstić information content (AvgIpc) is 2.75. The van der Waals surface area contributed by atoms with Gasteiger partial charge in [0.25, 0.3) is 0 Å². The lowest BCUT2D eigenvalue weighted by Gasteiger charge is -2.46. The number of benzene rings is 1. The van der Waals surface area contributed by atoms with Crippen LogP contribution in [0.5, 0.6) is 0 Å². The Labute approximate surface area is 197 Å². The van der Waals surface area contributed by atoms with Crippen LogP contribution in [-0.2, 0) is 17.9 Å². The van der Waals surface area contributed by atoms with E-state index in [1.807, 2.05) is 0 Å². The molecule has 31 heavy (non-hydrogen) atoms. The molecule has 3 heterocycles. The van der Waals surface area contributed by atoms with Gasteiger partial charge in [0.05, 0.1) is 18.4 Å². The van der Waals surface area contributed by atoms with E-state index >= 15 is 0 Å². The summed E-state index contributed by atoms with van der Waals surface area (Å²) in [5.41, 5.74) is 2.19. The monoisotopic (exact) mass is 465 g/mol. The van der Waals surface area contributed by atoms with E-state index in [2.05, 4.69) is 55.8 Å². The highest BCUT2D eigenvalue weighted by atomic mass is 35.5. The third kappa shape index (κ3) is 7.72. The summed E-state index contributed by atoms with van der Waals surface area (Å²) in [7, 11) is 0. The van der Waals surface area contributed by atoms with E-state index in [9.17, 15) is 4.79 Å². The largest absolute Gasteiger partial charge is 0.350 e. The second-order valence-electron chi connectivity index (χ2n) is 8.42. The lowest BCUT2D eigenvalue weighted by molar-refractivity contribution is -0.121. The summed E-state index contributed by atoms with van der Waals surface area (Å²) in [5.74, 6) is 1.54. The summed E-state index contributed by atoms with van der Waals surface area (Å²) in [6.45, 7) is 4.95. The molecule has 0 spiro atoms. The molecule has 170 valence electrons. The number of nitrogens with one attached hydrogen (secondary N) is 2. The first-order valence-corrected chi connectivity index (χ1v) is 10.8. The molecule has 2 saturated heterocycles. The van der Waals surface area contributed by atoms with Gasteiger partial charge in [-0.25, -0.2) is 0 Å². The topological polar surface area (TPSA) is 70.2 Å². The molecule has 2 aliphatic heterocycles. The molecule has 2 aliphatic rings. The fraction of sp³-hybridized carbons (Fsp3) is 0.522. The fourth-order valence-corrected chi connectivity index (χ4v) is 4.76. The normalized spacial score (nSPS) is 22.6. The SMILES string of the molecule is Cl.Cl.O=C(CCC[C@H]1NCC2CC1CN(Cc1ccccc1)C2)NCc1cnccn1. The number of piperidine rings is 2. The number of carbonyl (C=O) groups is 1. The average molecular weight is 466 g/mol. The number of rotatable bonds is 8. The van der Waals surface area contributed by atoms with Crippen molar-refractivity contribution in [2.75, 3.05) is 19.6 Å². The molecule has 1 aromatic carbocycles. The number of fused-ring (bicyclic) bond motifs is 2. The molecule has 8 heteroatoms. The molecule has 3 atom stereocenters. The zero-order chi connectivity index (χ0) is 19.9. The zero-order valence-electron chi connectivity index (χ0n) is 17.8. The highest BCUT2D eigenvalue weighted by molar-refractivity contribution is 5.85. The molecule has 1 amide bonds. The Kier molecular flexibility index (Phi) is 10.7. The molecule has 2 N–H and O–H groups in total. The molecule has 6 nitrogen and oxygen atoms in total. The fourth-order valence-electron chi connectivity index (χ4n) is 4.76. The first-order valence-electron chi connectivity index (χ1n) is 10.8. The predicted octanol–water partition coefficient (Wildman–Crippen LogP) is 3.22. The standard InChI is InChI=1S/C23H31N5O.2ClH/c29-23(27-14-21-13-24-9-10-25-21)8-4-7-22-20-11-19(12-26-22)16-28(17-20)15-18-5-2-1-3-6-18;;/h1-3,5-6,9-10,13,19-20,22,26H,4,7-8,11-12,14-17H2,(H,27,29);2*1H/t19?,20?,22-;;/m1../s1. The van der Waals surface area contributed by atoms with Crippen molar-refractivity contribution < 1.29 is 4.79 Å². The van der Waals surface area contributed by atoms with Crippen LogP contribution < -0.4 is 10.6 Å². The molecule has 4 rings (SSSR count). The Morgan fingerprint density at radius 3 is 2.77 bits per heavy atom. The minimum absolute atomic E-state index is 0. The number of hydrogen-bond donors (Lipinski definition) is 2. The third-order valence-corrected chi connectivity index (χ3v) is 6.13. The van der Waals surface area contributed by atoms with Crippen molar-refractivity contribution in [1.82, 2.24) is 25.5 Å². The van der Waals surface area contributed by atoms with Crippen molar-refractivity contribution in [2.24, 2.45) is 11.8 Å². The summed E-state index contributed by atoms with van der Waals surface area (Å²) >= 11 is 0. The maximum Gasteiger partial charge on any atom is 0.220 e. The van der Waals surface area contributed by atoms with Crippen molar-refractivity contribution in [2.45, 2.75) is 44.8 Å². The summed E-state index contributed by atoms with van der Waals surface area (Å²) in [6, 6.07) is 11.3. The number of carbonyl (C=O) groups excluding carboxylic acids is 1. The highest BCUT2D eigenvalue weighted by Gasteiger charge is 2.35. The van der Waals surface area contributed by atoms with Crippen LogP contribution in [0.25, 0.3) is 0 Å². The lowest BCUT2D eigenvalue weighted by Crippen LogP contribution is -2.55. The number of nitrogens with zero attached hydrogens (tertiary/aromatic N) is 3. The summed E-state index contributed by atoms with van der Waals surface area (Å²) < 4.78 is 0. The van der Waals surface area contributed by atoms with Crippen molar-refractivity contribution in [3.63, 3.8) is 0 Å². The van der Waals surface area contributed by atoms with Gasteiger partial charge in [-0.05, 0) is 43.2 Å². The van der Waals surface area contributed by atoms with E-state index in [1.54, 1.807) is 18.6 Å². The molecule has 2 aromatic rings. The maximum absolute atomic E-state index is 12.1. The molecule has 2 unspecified atom stereocenters. The van der Waals surface area contributed by atoms with Gasteiger partial charge in [-0.2, -0.15) is 0 Å². The summed E-state index contributed by atoms with van der Waals surface area (Å²) in [4.78, 5) is 23.0. The second kappa shape index (κ2) is 13.0. The van der Waals surface area contributed by atoms with Gasteiger partial charge in [0.15, 0.2) is 0 Å². The molecular formula is C23H33Cl2N5O. The minimum atomic E-state index is 0. The van der Waals surface area contributed by atoms with Gasteiger partial charge in [-0.1, -0.05) is 30.3 Å². The van der Waals surface area contributed by atoms with Crippen LogP contribution in [0.4, 0.5) is 0 Å². The molecule has 2 bridgehead atoms. The molecule has 0 aliphatic carbocycles. The van der Waals surface area contributed by atoms with Gasteiger partial charge in [-0.15, -0.1) is 24.8 Å². The molecule has 0 radical (unpaired) electrons. The second-order valence-corrected chi connectivity index (χ2v) is 8.42. The van der Waals surface area contributed by atoms with Crippen molar-refractivity contribution in [1.29, 1.82) is 0 Å². The van der Waals surface area contributed by atoms with Gasteiger partial charge in [0.1, 0.15) is 0 Å². The zero-order valence-corrected chi connectivity index (χ0v) is 19.4. The Balaban J connectivity index is 0.00000171. The molecule has 2 fully saturated rings. The minimum Gasteiger partial charge on any atom is -0.350 e. The van der Waals surface area contributed by atoms with E-state index in [0.717, 1.165) is 44.1 Å². The Hall–Kier alpha value is -1.73. The number of halogens is 2.